The Morgan fingerprint density at radius 2 is 1.71 bits per heavy atom. The normalized spacial score (nSPS) is 9.92. The van der Waals surface area contributed by atoms with Crippen molar-refractivity contribution in [3.05, 3.63) is 59.9 Å². The summed E-state index contributed by atoms with van der Waals surface area (Å²) in [6, 6.07) is 12.7. The van der Waals surface area contributed by atoms with Gasteiger partial charge in [-0.25, -0.2) is 11.0 Å². The minimum Gasteiger partial charge on any atom is -0.492 e. The van der Waals surface area contributed by atoms with Gasteiger partial charge in [-0.15, -0.1) is 0 Å². The number of aromatic nitrogens is 1. The van der Waals surface area contributed by atoms with Crippen molar-refractivity contribution in [3.8, 4) is 5.75 Å². The molecule has 0 aliphatic heterocycles. The third-order valence-electron chi connectivity index (χ3n) is 3.19. The number of para-hydroxylation sites is 1. The average Bonchev–Trinajstić information content (AvgIpc) is 3.06. The summed E-state index contributed by atoms with van der Waals surface area (Å²) in [4.78, 5) is 23.0. The van der Waals surface area contributed by atoms with Gasteiger partial charge < -0.3 is 9.30 Å². The molecule has 0 spiro atoms. The van der Waals surface area contributed by atoms with E-state index in [0.29, 0.717) is 18.8 Å². The molecule has 2 amide bonds. The lowest BCUT2D eigenvalue weighted by Gasteiger charge is -2.10. The Balaban J connectivity index is 2.09. The Morgan fingerprint density at radius 1 is 1.04 bits per heavy atom. The van der Waals surface area contributed by atoms with Gasteiger partial charge in [0.05, 0.1) is 6.54 Å². The molecule has 0 aliphatic rings. The van der Waals surface area contributed by atoms with Crippen LogP contribution < -0.4 is 15.7 Å². The molecule has 1 aromatic heterocycles. The van der Waals surface area contributed by atoms with Crippen molar-refractivity contribution in [2.75, 3.05) is 6.61 Å². The maximum absolute atomic E-state index is 11.5. The SMILES string of the molecule is O=C(NO)C(=Cc1cccn1CCOc1ccccc1)C(=O)NO. The fraction of sp³-hybridized carbons (Fsp3) is 0.125. The lowest BCUT2D eigenvalue weighted by molar-refractivity contribution is -0.132. The Labute approximate surface area is 137 Å². The van der Waals surface area contributed by atoms with Crippen molar-refractivity contribution in [3.63, 3.8) is 0 Å². The molecule has 8 heteroatoms. The predicted molar refractivity (Wildman–Crippen MR) is 84.2 cm³/mol. The third-order valence-corrected chi connectivity index (χ3v) is 3.19. The Morgan fingerprint density at radius 3 is 2.33 bits per heavy atom. The van der Waals surface area contributed by atoms with Crippen LogP contribution in [-0.4, -0.2) is 33.4 Å². The molecule has 2 rings (SSSR count). The van der Waals surface area contributed by atoms with E-state index in [-0.39, 0.29) is 0 Å². The highest BCUT2D eigenvalue weighted by Crippen LogP contribution is 2.11. The van der Waals surface area contributed by atoms with E-state index in [1.807, 2.05) is 30.3 Å². The van der Waals surface area contributed by atoms with Crippen LogP contribution in [0.15, 0.2) is 54.2 Å². The van der Waals surface area contributed by atoms with Crippen LogP contribution in [0, 0.1) is 0 Å². The number of hydroxylamine groups is 2. The molecule has 0 saturated heterocycles. The predicted octanol–water partition coefficient (Wildman–Crippen LogP) is 0.961. The van der Waals surface area contributed by atoms with E-state index in [9.17, 15) is 9.59 Å². The fourth-order valence-electron chi connectivity index (χ4n) is 2.04. The zero-order chi connectivity index (χ0) is 17.4. The standard InChI is InChI=1S/C16H17N3O5/c20-15(17-22)14(16(21)18-23)11-12-5-4-8-19(12)9-10-24-13-6-2-1-3-7-13/h1-8,11,22-23H,9-10H2,(H,17,20)(H,18,21). The number of ether oxygens (including phenoxy) is 1. The van der Waals surface area contributed by atoms with Crippen LogP contribution in [0.2, 0.25) is 0 Å². The molecule has 1 aromatic carbocycles. The van der Waals surface area contributed by atoms with Crippen LogP contribution in [0.25, 0.3) is 6.08 Å². The van der Waals surface area contributed by atoms with E-state index in [1.54, 1.807) is 22.9 Å². The lowest BCUT2D eigenvalue weighted by atomic mass is 10.2. The number of nitrogens with zero attached hydrogens (tertiary/aromatic N) is 1. The number of benzene rings is 1. The summed E-state index contributed by atoms with van der Waals surface area (Å²) in [5, 5.41) is 17.4. The lowest BCUT2D eigenvalue weighted by Crippen LogP contribution is -2.31. The second-order valence-corrected chi connectivity index (χ2v) is 4.73. The molecule has 126 valence electrons. The number of nitrogens with one attached hydrogen (secondary N) is 2. The highest BCUT2D eigenvalue weighted by atomic mass is 16.5. The highest BCUT2D eigenvalue weighted by Gasteiger charge is 2.18. The van der Waals surface area contributed by atoms with Gasteiger partial charge >= 0.3 is 0 Å². The summed E-state index contributed by atoms with van der Waals surface area (Å²) in [6.45, 7) is 0.857. The van der Waals surface area contributed by atoms with Crippen LogP contribution >= 0.6 is 0 Å². The van der Waals surface area contributed by atoms with Crippen molar-refractivity contribution < 1.29 is 24.7 Å². The number of carbonyl (C=O) groups excluding carboxylic acids is 2. The van der Waals surface area contributed by atoms with Crippen molar-refractivity contribution >= 4 is 17.9 Å². The molecular formula is C16H17N3O5. The van der Waals surface area contributed by atoms with Crippen LogP contribution in [0.4, 0.5) is 0 Å². The van der Waals surface area contributed by atoms with Crippen LogP contribution in [-0.2, 0) is 16.1 Å². The first-order chi connectivity index (χ1) is 11.7. The van der Waals surface area contributed by atoms with E-state index in [1.165, 1.54) is 17.0 Å². The van der Waals surface area contributed by atoms with Crippen LogP contribution in [0.1, 0.15) is 5.69 Å². The molecule has 0 bridgehead atoms. The van der Waals surface area contributed by atoms with E-state index >= 15 is 0 Å². The highest BCUT2D eigenvalue weighted by molar-refractivity contribution is 6.21. The smallest absolute Gasteiger partial charge is 0.280 e. The maximum atomic E-state index is 11.5. The molecule has 4 N–H and O–H groups in total. The van der Waals surface area contributed by atoms with Gasteiger partial charge in [-0.2, -0.15) is 0 Å². The van der Waals surface area contributed by atoms with Gasteiger partial charge in [-0.3, -0.25) is 20.0 Å². The summed E-state index contributed by atoms with van der Waals surface area (Å²) >= 11 is 0. The molecule has 2 aromatic rings. The summed E-state index contributed by atoms with van der Waals surface area (Å²) in [6.07, 6.45) is 3.01. The first-order valence-corrected chi connectivity index (χ1v) is 7.09. The monoisotopic (exact) mass is 331 g/mol. The van der Waals surface area contributed by atoms with Crippen molar-refractivity contribution in [2.45, 2.75) is 6.54 Å². The molecule has 24 heavy (non-hydrogen) atoms. The Kier molecular flexibility index (Phi) is 6.12. The number of hydrogen-bond acceptors (Lipinski definition) is 5. The van der Waals surface area contributed by atoms with Gasteiger partial charge in [0.25, 0.3) is 11.8 Å². The number of rotatable bonds is 7. The summed E-state index contributed by atoms with van der Waals surface area (Å²) < 4.78 is 7.36. The zero-order valence-electron chi connectivity index (χ0n) is 12.7. The average molecular weight is 331 g/mol. The third kappa shape index (κ3) is 4.45. The zero-order valence-corrected chi connectivity index (χ0v) is 12.7. The Bertz CT molecular complexity index is 706. The van der Waals surface area contributed by atoms with Gasteiger partial charge in [0.15, 0.2) is 0 Å². The summed E-state index contributed by atoms with van der Waals surface area (Å²) in [7, 11) is 0. The second kappa shape index (κ2) is 8.51. The molecule has 0 fully saturated rings. The van der Waals surface area contributed by atoms with Crippen molar-refractivity contribution in [2.24, 2.45) is 0 Å². The number of amides is 2. The van der Waals surface area contributed by atoms with Gasteiger partial charge in [-0.05, 0) is 30.3 Å². The van der Waals surface area contributed by atoms with E-state index in [0.717, 1.165) is 5.75 Å². The number of carbonyl (C=O) groups is 2. The molecule has 8 nitrogen and oxygen atoms in total. The van der Waals surface area contributed by atoms with Crippen molar-refractivity contribution in [1.29, 1.82) is 0 Å². The maximum Gasteiger partial charge on any atom is 0.280 e. The topological polar surface area (TPSA) is 113 Å². The van der Waals surface area contributed by atoms with Gasteiger partial charge in [0, 0.05) is 11.9 Å². The molecular weight excluding hydrogens is 314 g/mol. The van der Waals surface area contributed by atoms with E-state index in [2.05, 4.69) is 0 Å². The van der Waals surface area contributed by atoms with Crippen molar-refractivity contribution in [1.82, 2.24) is 15.5 Å². The molecule has 0 atom stereocenters. The van der Waals surface area contributed by atoms with Gasteiger partial charge in [0.2, 0.25) is 0 Å². The first kappa shape index (κ1) is 17.3. The summed E-state index contributed by atoms with van der Waals surface area (Å²) in [5.41, 5.74) is 2.82. The van der Waals surface area contributed by atoms with Crippen LogP contribution in [0.3, 0.4) is 0 Å². The van der Waals surface area contributed by atoms with E-state index in [4.69, 9.17) is 15.2 Å². The minimum absolute atomic E-state index is 0.382. The molecule has 0 saturated carbocycles. The largest absolute Gasteiger partial charge is 0.492 e. The second-order valence-electron chi connectivity index (χ2n) is 4.73. The first-order valence-electron chi connectivity index (χ1n) is 7.09. The van der Waals surface area contributed by atoms with Crippen LogP contribution in [0.5, 0.6) is 5.75 Å². The van der Waals surface area contributed by atoms with Gasteiger partial charge in [-0.1, -0.05) is 18.2 Å². The Hall–Kier alpha value is -3.10. The minimum atomic E-state index is -1.03. The van der Waals surface area contributed by atoms with Gasteiger partial charge in [0.1, 0.15) is 17.9 Å². The number of hydrogen-bond donors (Lipinski definition) is 4. The molecule has 0 radical (unpaired) electrons. The summed E-state index contributed by atoms with van der Waals surface area (Å²) in [5.74, 6) is -1.33. The van der Waals surface area contributed by atoms with E-state index < -0.39 is 17.4 Å². The molecule has 0 unspecified atom stereocenters. The quantitative estimate of drug-likeness (QED) is 0.198. The molecule has 1 heterocycles. The molecule has 0 aliphatic carbocycles. The fourth-order valence-corrected chi connectivity index (χ4v) is 2.04.